The molecule has 25 heavy (non-hydrogen) atoms. The molecule has 1 fully saturated rings. The predicted octanol–water partition coefficient (Wildman–Crippen LogP) is 3.75. The number of piperazine rings is 1. The van der Waals surface area contributed by atoms with E-state index in [0.717, 1.165) is 13.1 Å². The molecule has 0 bridgehead atoms. The lowest BCUT2D eigenvalue weighted by atomic mass is 10.1. The molecule has 1 aromatic rings. The minimum absolute atomic E-state index is 0.149. The molecule has 0 saturated carbocycles. The lowest BCUT2D eigenvalue weighted by Crippen LogP contribution is -2.56. The number of nitrogens with zero attached hydrogens (tertiary/aromatic N) is 3. The number of nitrogens with one attached hydrogen (secondary N) is 1. The Morgan fingerprint density at radius 1 is 1.36 bits per heavy atom. The Hall–Kier alpha value is -1.60. The summed E-state index contributed by atoms with van der Waals surface area (Å²) in [5.41, 5.74) is -0.511. The Labute approximate surface area is 153 Å². The van der Waals surface area contributed by atoms with E-state index < -0.39 is 17.6 Å². The molecule has 140 valence electrons. The Balaban J connectivity index is 2.30. The molecule has 0 aromatic carbocycles. The third-order valence-electron chi connectivity index (χ3n) is 3.91. The number of hydrogen-bond donors (Lipinski definition) is 1. The van der Waals surface area contributed by atoms with Crippen molar-refractivity contribution in [2.24, 2.45) is 0 Å². The monoisotopic (exact) mass is 372 g/mol. The van der Waals surface area contributed by atoms with E-state index in [1.807, 2.05) is 4.90 Å². The first-order chi connectivity index (χ1) is 11.5. The third kappa shape index (κ3) is 4.95. The molecule has 0 radical (unpaired) electrons. The molecule has 2 rings (SSSR count). The van der Waals surface area contributed by atoms with Crippen molar-refractivity contribution in [2.45, 2.75) is 52.3 Å². The zero-order chi connectivity index (χ0) is 18.9. The van der Waals surface area contributed by atoms with Crippen LogP contribution in [0, 0.1) is 5.95 Å². The smallest absolute Gasteiger partial charge is 0.412 e. The minimum Gasteiger partial charge on any atom is -0.444 e. The van der Waals surface area contributed by atoms with Gasteiger partial charge in [-0.3, -0.25) is 5.32 Å². The van der Waals surface area contributed by atoms with Gasteiger partial charge in [-0.05, 0) is 41.7 Å². The lowest BCUT2D eigenvalue weighted by molar-refractivity contribution is 0.0636. The van der Waals surface area contributed by atoms with Crippen molar-refractivity contribution in [3.63, 3.8) is 0 Å². The van der Waals surface area contributed by atoms with E-state index in [9.17, 15) is 9.18 Å². The van der Waals surface area contributed by atoms with Gasteiger partial charge in [0.2, 0.25) is 5.95 Å². The fourth-order valence-electron chi connectivity index (χ4n) is 3.16. The van der Waals surface area contributed by atoms with Crippen molar-refractivity contribution in [1.29, 1.82) is 0 Å². The predicted molar refractivity (Wildman–Crippen MR) is 98.0 cm³/mol. The van der Waals surface area contributed by atoms with Gasteiger partial charge < -0.3 is 14.5 Å². The van der Waals surface area contributed by atoms with E-state index in [-0.39, 0.29) is 22.8 Å². The van der Waals surface area contributed by atoms with Crippen molar-refractivity contribution in [1.82, 2.24) is 9.88 Å². The van der Waals surface area contributed by atoms with Crippen molar-refractivity contribution >= 4 is 29.2 Å². The highest BCUT2D eigenvalue weighted by molar-refractivity contribution is 6.33. The second kappa shape index (κ2) is 7.33. The number of likely N-dealkylation sites (N-methyl/N-ethyl adjacent to an activating group) is 1. The highest BCUT2D eigenvalue weighted by Gasteiger charge is 2.30. The zero-order valence-electron chi connectivity index (χ0n) is 15.6. The van der Waals surface area contributed by atoms with Gasteiger partial charge >= 0.3 is 6.09 Å². The topological polar surface area (TPSA) is 57.7 Å². The van der Waals surface area contributed by atoms with Gasteiger partial charge in [0.25, 0.3) is 0 Å². The Morgan fingerprint density at radius 2 is 1.92 bits per heavy atom. The van der Waals surface area contributed by atoms with E-state index in [2.05, 4.69) is 36.1 Å². The largest absolute Gasteiger partial charge is 0.444 e. The number of anilines is 2. The Morgan fingerprint density at radius 3 is 2.44 bits per heavy atom. The number of amides is 1. The number of hydrogen-bond acceptors (Lipinski definition) is 5. The zero-order valence-corrected chi connectivity index (χ0v) is 16.3. The van der Waals surface area contributed by atoms with Crippen LogP contribution in [0.2, 0.25) is 5.02 Å². The van der Waals surface area contributed by atoms with Crippen LogP contribution in [-0.2, 0) is 4.74 Å². The van der Waals surface area contributed by atoms with Gasteiger partial charge in [0.05, 0.1) is 5.69 Å². The summed E-state index contributed by atoms with van der Waals surface area (Å²) in [5.74, 6) is -0.371. The van der Waals surface area contributed by atoms with Crippen molar-refractivity contribution in [2.75, 3.05) is 30.4 Å². The second-order valence-electron chi connectivity index (χ2n) is 7.59. The molecule has 0 aliphatic carbocycles. The maximum absolute atomic E-state index is 14.2. The average Bonchev–Trinajstić information content (AvgIpc) is 2.40. The number of rotatable bonds is 2. The molecular weight excluding hydrogens is 347 g/mol. The number of carbonyl (C=O) groups excluding carboxylic acids is 1. The quantitative estimate of drug-likeness (QED) is 0.801. The summed E-state index contributed by atoms with van der Waals surface area (Å²) in [4.78, 5) is 20.2. The maximum Gasteiger partial charge on any atom is 0.412 e. The molecule has 1 amide bonds. The van der Waals surface area contributed by atoms with Crippen LogP contribution in [0.15, 0.2) is 6.07 Å². The van der Waals surface area contributed by atoms with Crippen LogP contribution in [0.1, 0.15) is 34.6 Å². The van der Waals surface area contributed by atoms with Gasteiger partial charge in [-0.15, -0.1) is 0 Å². The molecule has 1 N–H and O–H groups in total. The van der Waals surface area contributed by atoms with Crippen molar-refractivity contribution in [3.8, 4) is 0 Å². The minimum atomic E-state index is -0.816. The van der Waals surface area contributed by atoms with E-state index >= 15 is 0 Å². The maximum atomic E-state index is 14.2. The summed E-state index contributed by atoms with van der Waals surface area (Å²) in [6, 6.07) is 1.89. The third-order valence-corrected chi connectivity index (χ3v) is 4.26. The summed E-state index contributed by atoms with van der Waals surface area (Å²) in [5, 5.41) is 2.28. The normalized spacial score (nSPS) is 22.0. The van der Waals surface area contributed by atoms with Crippen LogP contribution in [-0.4, -0.2) is 53.8 Å². The first-order valence-electron chi connectivity index (χ1n) is 8.31. The molecular formula is C17H26ClFN4O2. The first-order valence-corrected chi connectivity index (χ1v) is 8.68. The Kier molecular flexibility index (Phi) is 5.79. The van der Waals surface area contributed by atoms with Crippen molar-refractivity contribution in [3.05, 3.63) is 17.0 Å². The molecule has 2 heterocycles. The molecule has 6 nitrogen and oxygen atoms in total. The van der Waals surface area contributed by atoms with E-state index in [1.54, 1.807) is 26.8 Å². The van der Waals surface area contributed by atoms with Crippen LogP contribution >= 0.6 is 11.6 Å². The second-order valence-corrected chi connectivity index (χ2v) is 7.96. The molecule has 1 aliphatic heterocycles. The van der Waals surface area contributed by atoms with E-state index in [0.29, 0.717) is 5.82 Å². The number of aromatic nitrogens is 1. The average molecular weight is 373 g/mol. The Bertz CT molecular complexity index is 638. The molecule has 1 aliphatic rings. The molecule has 2 atom stereocenters. The highest BCUT2D eigenvalue weighted by Crippen LogP contribution is 2.31. The van der Waals surface area contributed by atoms with Gasteiger partial charge in [0.1, 0.15) is 16.4 Å². The number of ether oxygens (including phenoxy) is 1. The van der Waals surface area contributed by atoms with Crippen molar-refractivity contribution < 1.29 is 13.9 Å². The van der Waals surface area contributed by atoms with Gasteiger partial charge in [-0.2, -0.15) is 4.39 Å². The molecule has 0 unspecified atom stereocenters. The SMILES string of the molecule is C[C@@H]1CN(C)C[C@H](C)N1c1cc(NC(=O)OC(C)(C)C)c(Cl)c(F)n1. The molecule has 1 saturated heterocycles. The highest BCUT2D eigenvalue weighted by atomic mass is 35.5. The number of halogens is 2. The van der Waals surface area contributed by atoms with E-state index in [1.165, 1.54) is 0 Å². The fraction of sp³-hybridized carbons (Fsp3) is 0.647. The van der Waals surface area contributed by atoms with Crippen LogP contribution in [0.25, 0.3) is 0 Å². The van der Waals surface area contributed by atoms with Gasteiger partial charge in [0.15, 0.2) is 0 Å². The number of pyridine rings is 1. The summed E-state index contributed by atoms with van der Waals surface area (Å²) >= 11 is 5.98. The van der Waals surface area contributed by atoms with Gasteiger partial charge in [-0.25, -0.2) is 9.78 Å². The van der Waals surface area contributed by atoms with Crippen LogP contribution in [0.4, 0.5) is 20.7 Å². The van der Waals surface area contributed by atoms with Crippen LogP contribution < -0.4 is 10.2 Å². The van der Waals surface area contributed by atoms with E-state index in [4.69, 9.17) is 16.3 Å². The summed E-state index contributed by atoms with van der Waals surface area (Å²) in [7, 11) is 2.05. The summed E-state index contributed by atoms with van der Waals surface area (Å²) < 4.78 is 19.4. The molecule has 1 aromatic heterocycles. The molecule has 8 heteroatoms. The lowest BCUT2D eigenvalue weighted by Gasteiger charge is -2.44. The van der Waals surface area contributed by atoms with Crippen LogP contribution in [0.5, 0.6) is 0 Å². The first kappa shape index (κ1) is 19.7. The fourth-order valence-corrected chi connectivity index (χ4v) is 3.30. The van der Waals surface area contributed by atoms with Gasteiger partial charge in [0, 0.05) is 31.2 Å². The molecule has 0 spiro atoms. The van der Waals surface area contributed by atoms with Crippen LogP contribution in [0.3, 0.4) is 0 Å². The summed E-state index contributed by atoms with van der Waals surface area (Å²) in [6.45, 7) is 11.0. The standard InChI is InChI=1S/C17H26ClFN4O2/c1-10-8-22(6)9-11(2)23(10)13-7-12(14(18)15(19)21-13)20-16(24)25-17(3,4)5/h7,10-11H,8-9H2,1-6H3,(H,20,21,24)/t10-,11+. The number of carbonyl (C=O) groups is 1. The van der Waals surface area contributed by atoms with Gasteiger partial charge in [-0.1, -0.05) is 11.6 Å². The summed E-state index contributed by atoms with van der Waals surface area (Å²) in [6.07, 6.45) is -0.689.